The van der Waals surface area contributed by atoms with Crippen LogP contribution in [0.15, 0.2) is 54.6 Å². The third-order valence-corrected chi connectivity index (χ3v) is 7.22. The molecule has 1 unspecified atom stereocenters. The van der Waals surface area contributed by atoms with Gasteiger partial charge in [0, 0.05) is 24.6 Å². The van der Waals surface area contributed by atoms with E-state index in [0.717, 1.165) is 57.5 Å². The third kappa shape index (κ3) is 4.28. The van der Waals surface area contributed by atoms with Crippen LogP contribution in [0.5, 0.6) is 0 Å². The molecule has 1 saturated heterocycles. The van der Waals surface area contributed by atoms with Gasteiger partial charge in [0.05, 0.1) is 0 Å². The van der Waals surface area contributed by atoms with Gasteiger partial charge < -0.3 is 5.32 Å². The molecule has 3 aliphatic rings. The van der Waals surface area contributed by atoms with E-state index in [4.69, 9.17) is 0 Å². The Morgan fingerprint density at radius 3 is 2.63 bits per heavy atom. The molecule has 1 N–H and O–H groups in total. The van der Waals surface area contributed by atoms with Crippen LogP contribution in [0.4, 0.5) is 0 Å². The molecule has 1 aliphatic carbocycles. The Morgan fingerprint density at radius 2 is 1.87 bits per heavy atom. The van der Waals surface area contributed by atoms with Crippen molar-refractivity contribution in [1.29, 1.82) is 0 Å². The molecular weight excluding hydrogens is 368 g/mol. The molecule has 1 atom stereocenters. The van der Waals surface area contributed by atoms with Crippen LogP contribution in [0.3, 0.4) is 0 Å². The zero-order valence-electron chi connectivity index (χ0n) is 17.8. The number of likely N-dealkylation sites (tertiary alicyclic amines) is 1. The number of carbonyl (C=O) groups excluding carboxylic acids is 1. The largest absolute Gasteiger partial charge is 0.313 e. The molecule has 30 heavy (non-hydrogen) atoms. The third-order valence-electron chi connectivity index (χ3n) is 7.22. The van der Waals surface area contributed by atoms with E-state index < -0.39 is 0 Å². The molecule has 0 spiro atoms. The summed E-state index contributed by atoms with van der Waals surface area (Å²) in [7, 11) is 0. The normalized spacial score (nSPS) is 22.7. The fraction of sp³-hybridized carbons (Fsp3) is 0.444. The Morgan fingerprint density at radius 1 is 1.03 bits per heavy atom. The van der Waals surface area contributed by atoms with Crippen molar-refractivity contribution in [1.82, 2.24) is 10.2 Å². The molecule has 5 rings (SSSR count). The summed E-state index contributed by atoms with van der Waals surface area (Å²) in [6.45, 7) is 5.36. The number of rotatable bonds is 5. The summed E-state index contributed by atoms with van der Waals surface area (Å²) in [6, 6.07) is 17.3. The van der Waals surface area contributed by atoms with Crippen molar-refractivity contribution in [3.8, 4) is 0 Å². The molecule has 0 amide bonds. The van der Waals surface area contributed by atoms with E-state index in [0.29, 0.717) is 11.7 Å². The Balaban J connectivity index is 1.17. The number of hydrogen-bond acceptors (Lipinski definition) is 3. The van der Waals surface area contributed by atoms with Gasteiger partial charge in [-0.1, -0.05) is 54.6 Å². The highest BCUT2D eigenvalue weighted by Gasteiger charge is 2.33. The van der Waals surface area contributed by atoms with E-state index in [1.807, 2.05) is 0 Å². The molecule has 2 aliphatic heterocycles. The number of piperidine rings is 1. The van der Waals surface area contributed by atoms with Crippen LogP contribution >= 0.6 is 0 Å². The van der Waals surface area contributed by atoms with Crippen molar-refractivity contribution >= 4 is 11.4 Å². The lowest BCUT2D eigenvalue weighted by atomic mass is 9.85. The number of nitrogens with zero attached hydrogens (tertiary/aromatic N) is 1. The summed E-state index contributed by atoms with van der Waals surface area (Å²) >= 11 is 0. The summed E-state index contributed by atoms with van der Waals surface area (Å²) in [5.74, 6) is 1.28. The summed E-state index contributed by atoms with van der Waals surface area (Å²) in [5, 5.41) is 3.38. The Bertz CT molecular complexity index is 925. The molecule has 0 aromatic heterocycles. The number of nitrogens with one attached hydrogen (secondary N) is 1. The molecule has 2 aromatic rings. The lowest BCUT2D eigenvalue weighted by Crippen LogP contribution is -2.34. The van der Waals surface area contributed by atoms with Crippen LogP contribution in [0.2, 0.25) is 0 Å². The average molecular weight is 401 g/mol. The van der Waals surface area contributed by atoms with Crippen LogP contribution in [0, 0.1) is 11.8 Å². The Kier molecular flexibility index (Phi) is 5.83. The zero-order valence-corrected chi connectivity index (χ0v) is 17.8. The minimum Gasteiger partial charge on any atom is -0.313 e. The lowest BCUT2D eigenvalue weighted by Gasteiger charge is -2.33. The average Bonchev–Trinajstić information content (AvgIpc) is 3.11. The monoisotopic (exact) mass is 400 g/mol. The standard InChI is InChI=1S/C27H32N2O/c30-27-25(16-20-10-14-29(15-11-20)19-21-4-2-1-3-5-21)18-24-17-23(6-7-26(24)27)22-8-12-28-13-9-22/h1-8,17,20,25,28H,9-16,18-19H2. The number of Topliss-reactive ketones (excluding diaryl/α,β-unsaturated/α-hetero) is 1. The predicted molar refractivity (Wildman–Crippen MR) is 122 cm³/mol. The second-order valence-corrected chi connectivity index (χ2v) is 9.26. The van der Waals surface area contributed by atoms with Crippen molar-refractivity contribution in [2.45, 2.75) is 38.6 Å². The highest BCUT2D eigenvalue weighted by Crippen LogP contribution is 2.36. The van der Waals surface area contributed by atoms with Gasteiger partial charge in [0.25, 0.3) is 0 Å². The van der Waals surface area contributed by atoms with Gasteiger partial charge >= 0.3 is 0 Å². The minimum absolute atomic E-state index is 0.197. The van der Waals surface area contributed by atoms with E-state index >= 15 is 0 Å². The number of fused-ring (bicyclic) bond motifs is 1. The number of carbonyl (C=O) groups is 1. The van der Waals surface area contributed by atoms with Gasteiger partial charge in [0.1, 0.15) is 0 Å². The highest BCUT2D eigenvalue weighted by atomic mass is 16.1. The molecule has 0 radical (unpaired) electrons. The second kappa shape index (κ2) is 8.87. The Hall–Kier alpha value is -2.23. The van der Waals surface area contributed by atoms with Gasteiger partial charge in [-0.05, 0) is 79.9 Å². The van der Waals surface area contributed by atoms with E-state index in [2.05, 4.69) is 64.8 Å². The van der Waals surface area contributed by atoms with Gasteiger partial charge in [-0.15, -0.1) is 0 Å². The molecule has 0 bridgehead atoms. The first-order chi connectivity index (χ1) is 14.8. The number of benzene rings is 2. The fourth-order valence-electron chi connectivity index (χ4n) is 5.48. The first kappa shape index (κ1) is 19.7. The van der Waals surface area contributed by atoms with Crippen LogP contribution < -0.4 is 5.32 Å². The molecule has 2 aromatic carbocycles. The van der Waals surface area contributed by atoms with Gasteiger partial charge in [-0.3, -0.25) is 9.69 Å². The minimum atomic E-state index is 0.197. The van der Waals surface area contributed by atoms with Crippen molar-refractivity contribution < 1.29 is 4.79 Å². The van der Waals surface area contributed by atoms with Gasteiger partial charge in [0.2, 0.25) is 0 Å². The molecule has 3 nitrogen and oxygen atoms in total. The second-order valence-electron chi connectivity index (χ2n) is 9.26. The fourth-order valence-corrected chi connectivity index (χ4v) is 5.48. The zero-order chi connectivity index (χ0) is 20.3. The lowest BCUT2D eigenvalue weighted by molar-refractivity contribution is 0.0895. The summed E-state index contributed by atoms with van der Waals surface area (Å²) < 4.78 is 0. The summed E-state index contributed by atoms with van der Waals surface area (Å²) in [5.41, 5.74) is 6.41. The van der Waals surface area contributed by atoms with Crippen molar-refractivity contribution in [2.75, 3.05) is 26.2 Å². The van der Waals surface area contributed by atoms with Crippen LogP contribution in [-0.2, 0) is 13.0 Å². The topological polar surface area (TPSA) is 32.3 Å². The molecular formula is C27H32N2O. The quantitative estimate of drug-likeness (QED) is 0.788. The maximum atomic E-state index is 13.0. The maximum absolute atomic E-state index is 13.0. The number of hydrogen-bond donors (Lipinski definition) is 1. The van der Waals surface area contributed by atoms with Crippen molar-refractivity contribution in [2.24, 2.45) is 11.8 Å². The molecule has 3 heteroatoms. The maximum Gasteiger partial charge on any atom is 0.166 e. The first-order valence-electron chi connectivity index (χ1n) is 11.6. The van der Waals surface area contributed by atoms with E-state index in [1.54, 1.807) is 0 Å². The summed E-state index contributed by atoms with van der Waals surface area (Å²) in [4.78, 5) is 15.6. The van der Waals surface area contributed by atoms with Crippen LogP contribution in [0.25, 0.3) is 5.57 Å². The van der Waals surface area contributed by atoms with Crippen molar-refractivity contribution in [3.63, 3.8) is 0 Å². The van der Waals surface area contributed by atoms with Gasteiger partial charge in [0.15, 0.2) is 5.78 Å². The SMILES string of the molecule is O=C1c2ccc(C3=CCNCC3)cc2CC1CC1CCN(Cc2ccccc2)CC1. The molecule has 2 heterocycles. The molecule has 1 fully saturated rings. The number of ketones is 1. The highest BCUT2D eigenvalue weighted by molar-refractivity contribution is 6.02. The van der Waals surface area contributed by atoms with Crippen LogP contribution in [0.1, 0.15) is 52.7 Å². The molecule has 0 saturated carbocycles. The van der Waals surface area contributed by atoms with E-state index in [-0.39, 0.29) is 5.92 Å². The summed E-state index contributed by atoms with van der Waals surface area (Å²) in [6.07, 6.45) is 7.82. The van der Waals surface area contributed by atoms with Gasteiger partial charge in [-0.25, -0.2) is 0 Å². The van der Waals surface area contributed by atoms with E-state index in [1.165, 1.54) is 35.1 Å². The van der Waals surface area contributed by atoms with Crippen molar-refractivity contribution in [3.05, 3.63) is 76.9 Å². The van der Waals surface area contributed by atoms with E-state index in [9.17, 15) is 4.79 Å². The van der Waals surface area contributed by atoms with Gasteiger partial charge in [-0.2, -0.15) is 0 Å². The predicted octanol–water partition coefficient (Wildman–Crippen LogP) is 4.72. The van der Waals surface area contributed by atoms with Crippen LogP contribution in [-0.4, -0.2) is 36.9 Å². The molecule has 156 valence electrons. The smallest absolute Gasteiger partial charge is 0.166 e. The Labute approximate surface area is 180 Å². The first-order valence-corrected chi connectivity index (χ1v) is 11.6.